The molecule has 1 aliphatic heterocycles. The fourth-order valence-electron chi connectivity index (χ4n) is 3.84. The normalized spacial score (nSPS) is 19.3. The summed E-state index contributed by atoms with van der Waals surface area (Å²) in [4.78, 5) is 38.8. The van der Waals surface area contributed by atoms with Gasteiger partial charge in [-0.3, -0.25) is 19.7 Å². The van der Waals surface area contributed by atoms with E-state index < -0.39 is 17.9 Å². The van der Waals surface area contributed by atoms with Crippen molar-refractivity contribution in [2.75, 3.05) is 20.2 Å². The maximum atomic E-state index is 12.4. The highest BCUT2D eigenvalue weighted by molar-refractivity contribution is 7.80. The Morgan fingerprint density at radius 1 is 1.22 bits per heavy atom. The van der Waals surface area contributed by atoms with Crippen molar-refractivity contribution in [2.24, 2.45) is 0 Å². The fraction of sp³-hybridized carbons (Fsp3) is 0.478. The van der Waals surface area contributed by atoms with Gasteiger partial charge in [0.2, 0.25) is 11.8 Å². The van der Waals surface area contributed by atoms with Crippen LogP contribution in [0.1, 0.15) is 44.1 Å². The first kappa shape index (κ1) is 23.7. The molecule has 1 aromatic carbocycles. The number of amides is 2. The van der Waals surface area contributed by atoms with Crippen LogP contribution in [0.5, 0.6) is 5.75 Å². The predicted octanol–water partition coefficient (Wildman–Crippen LogP) is 2.18. The van der Waals surface area contributed by atoms with E-state index in [1.807, 2.05) is 12.1 Å². The van der Waals surface area contributed by atoms with Gasteiger partial charge >= 0.3 is 5.97 Å². The van der Waals surface area contributed by atoms with Crippen molar-refractivity contribution in [1.82, 2.24) is 15.5 Å². The number of esters is 1. The summed E-state index contributed by atoms with van der Waals surface area (Å²) in [7, 11) is 1.59. The summed E-state index contributed by atoms with van der Waals surface area (Å²) in [5.41, 5.74) is 0.826. The van der Waals surface area contributed by atoms with Crippen LogP contribution in [-0.2, 0) is 19.1 Å². The van der Waals surface area contributed by atoms with E-state index >= 15 is 0 Å². The van der Waals surface area contributed by atoms with E-state index in [1.54, 1.807) is 30.2 Å². The number of hydrogen-bond donors (Lipinski definition) is 2. The molecule has 8 nitrogen and oxygen atoms in total. The number of ether oxygens (including phenoxy) is 2. The smallest absolute Gasteiger partial charge is 0.308 e. The van der Waals surface area contributed by atoms with Crippen LogP contribution in [0.15, 0.2) is 30.3 Å². The molecule has 9 heteroatoms. The first-order chi connectivity index (χ1) is 15.5. The van der Waals surface area contributed by atoms with E-state index in [1.165, 1.54) is 6.08 Å². The second-order valence-corrected chi connectivity index (χ2v) is 8.24. The molecule has 2 fully saturated rings. The zero-order valence-corrected chi connectivity index (χ0v) is 19.0. The SMILES string of the molecule is COc1ccc(/C=C/C(=O)NC(=S)N2CCNC(=O)C2CC(=O)OC2CCCCC2)cc1. The van der Waals surface area contributed by atoms with Crippen LogP contribution < -0.4 is 15.4 Å². The molecule has 1 unspecified atom stereocenters. The number of carbonyl (C=O) groups is 3. The molecule has 0 spiro atoms. The number of nitrogens with one attached hydrogen (secondary N) is 2. The summed E-state index contributed by atoms with van der Waals surface area (Å²) in [5, 5.41) is 5.48. The van der Waals surface area contributed by atoms with Gasteiger partial charge in [-0.2, -0.15) is 0 Å². The molecule has 172 valence electrons. The number of carbonyl (C=O) groups excluding carboxylic acids is 3. The molecule has 3 rings (SSSR count). The summed E-state index contributed by atoms with van der Waals surface area (Å²) in [6.45, 7) is 0.777. The van der Waals surface area contributed by atoms with Gasteiger partial charge in [-0.05, 0) is 61.7 Å². The number of benzene rings is 1. The molecule has 1 heterocycles. The Balaban J connectivity index is 1.56. The lowest BCUT2D eigenvalue weighted by atomic mass is 9.98. The van der Waals surface area contributed by atoms with Crippen molar-refractivity contribution in [2.45, 2.75) is 50.7 Å². The summed E-state index contributed by atoms with van der Waals surface area (Å²) >= 11 is 5.37. The van der Waals surface area contributed by atoms with Crippen LogP contribution in [0, 0.1) is 0 Å². The maximum absolute atomic E-state index is 12.4. The summed E-state index contributed by atoms with van der Waals surface area (Å²) in [5.74, 6) is -0.413. The Labute approximate surface area is 193 Å². The van der Waals surface area contributed by atoms with Crippen LogP contribution in [-0.4, -0.2) is 60.1 Å². The van der Waals surface area contributed by atoms with Crippen LogP contribution >= 0.6 is 12.2 Å². The highest BCUT2D eigenvalue weighted by Crippen LogP contribution is 2.21. The molecule has 1 saturated carbocycles. The molecule has 0 radical (unpaired) electrons. The molecule has 1 atom stereocenters. The minimum absolute atomic E-state index is 0.0777. The van der Waals surface area contributed by atoms with Gasteiger partial charge in [-0.1, -0.05) is 18.6 Å². The number of rotatable bonds is 6. The van der Waals surface area contributed by atoms with Gasteiger partial charge in [0.25, 0.3) is 0 Å². The van der Waals surface area contributed by atoms with E-state index in [-0.39, 0.29) is 23.5 Å². The lowest BCUT2D eigenvalue weighted by Crippen LogP contribution is -2.60. The summed E-state index contributed by atoms with van der Waals surface area (Å²) < 4.78 is 10.7. The van der Waals surface area contributed by atoms with E-state index in [0.29, 0.717) is 13.1 Å². The first-order valence-corrected chi connectivity index (χ1v) is 11.3. The van der Waals surface area contributed by atoms with Crippen LogP contribution in [0.25, 0.3) is 6.08 Å². The third kappa shape index (κ3) is 6.78. The van der Waals surface area contributed by atoms with Crippen molar-refractivity contribution < 1.29 is 23.9 Å². The van der Waals surface area contributed by atoms with Gasteiger partial charge in [0.15, 0.2) is 5.11 Å². The number of nitrogens with zero attached hydrogens (tertiary/aromatic N) is 1. The highest BCUT2D eigenvalue weighted by atomic mass is 32.1. The molecule has 32 heavy (non-hydrogen) atoms. The molecular formula is C23H29N3O5S. The third-order valence-corrected chi connectivity index (χ3v) is 5.91. The zero-order valence-electron chi connectivity index (χ0n) is 18.2. The van der Waals surface area contributed by atoms with Gasteiger partial charge in [0, 0.05) is 19.2 Å². The van der Waals surface area contributed by atoms with Crippen LogP contribution in [0.2, 0.25) is 0 Å². The standard InChI is InChI=1S/C23H29N3O5S/c1-30-17-10-7-16(8-11-17)9-12-20(27)25-23(32)26-14-13-24-22(29)19(26)15-21(28)31-18-5-3-2-4-6-18/h7-12,18-19H,2-6,13-15H2,1H3,(H,24,29)(H,25,27,32)/b12-9+. The van der Waals surface area contributed by atoms with Crippen molar-refractivity contribution in [3.8, 4) is 5.75 Å². The Bertz CT molecular complexity index is 865. The number of methoxy groups -OCH3 is 1. The monoisotopic (exact) mass is 459 g/mol. The second-order valence-electron chi connectivity index (χ2n) is 7.86. The first-order valence-electron chi connectivity index (χ1n) is 10.9. The average molecular weight is 460 g/mol. The summed E-state index contributed by atoms with van der Waals surface area (Å²) in [6, 6.07) is 6.43. The van der Waals surface area contributed by atoms with E-state index in [0.717, 1.165) is 43.4 Å². The van der Waals surface area contributed by atoms with Gasteiger partial charge in [-0.25, -0.2) is 0 Å². The topological polar surface area (TPSA) is 97.0 Å². The van der Waals surface area contributed by atoms with Gasteiger partial charge in [0.05, 0.1) is 13.5 Å². The Morgan fingerprint density at radius 3 is 2.62 bits per heavy atom. The largest absolute Gasteiger partial charge is 0.497 e. The lowest BCUT2D eigenvalue weighted by Gasteiger charge is -2.36. The molecule has 1 aromatic rings. The zero-order chi connectivity index (χ0) is 22.9. The molecule has 0 bridgehead atoms. The van der Waals surface area contributed by atoms with Gasteiger partial charge in [-0.15, -0.1) is 0 Å². The minimum Gasteiger partial charge on any atom is -0.497 e. The van der Waals surface area contributed by atoms with Crippen LogP contribution in [0.4, 0.5) is 0 Å². The molecule has 1 aliphatic carbocycles. The second kappa shape index (κ2) is 11.6. The van der Waals surface area contributed by atoms with E-state index in [9.17, 15) is 14.4 Å². The maximum Gasteiger partial charge on any atom is 0.308 e. The van der Waals surface area contributed by atoms with Crippen LogP contribution in [0.3, 0.4) is 0 Å². The lowest BCUT2D eigenvalue weighted by molar-refractivity contribution is -0.153. The number of piperazine rings is 1. The van der Waals surface area contributed by atoms with E-state index in [2.05, 4.69) is 10.6 Å². The number of hydrogen-bond acceptors (Lipinski definition) is 6. The Morgan fingerprint density at radius 2 is 1.94 bits per heavy atom. The average Bonchev–Trinajstić information content (AvgIpc) is 2.80. The fourth-order valence-corrected chi connectivity index (χ4v) is 4.16. The summed E-state index contributed by atoms with van der Waals surface area (Å²) in [6.07, 6.45) is 7.81. The van der Waals surface area contributed by atoms with Crippen molar-refractivity contribution in [3.63, 3.8) is 0 Å². The molecule has 0 aromatic heterocycles. The molecule has 2 amide bonds. The molecule has 2 aliphatic rings. The third-order valence-electron chi connectivity index (χ3n) is 5.58. The highest BCUT2D eigenvalue weighted by Gasteiger charge is 2.34. The predicted molar refractivity (Wildman–Crippen MR) is 124 cm³/mol. The molecular weight excluding hydrogens is 430 g/mol. The molecule has 1 saturated heterocycles. The minimum atomic E-state index is -0.807. The van der Waals surface area contributed by atoms with Crippen molar-refractivity contribution in [3.05, 3.63) is 35.9 Å². The van der Waals surface area contributed by atoms with Crippen molar-refractivity contribution >= 4 is 41.2 Å². The quantitative estimate of drug-likeness (QED) is 0.382. The number of thiocarbonyl (C=S) groups is 1. The van der Waals surface area contributed by atoms with Gasteiger partial charge < -0.3 is 19.7 Å². The van der Waals surface area contributed by atoms with E-state index in [4.69, 9.17) is 21.7 Å². The Hall–Kier alpha value is -2.94. The van der Waals surface area contributed by atoms with Gasteiger partial charge in [0.1, 0.15) is 17.9 Å². The van der Waals surface area contributed by atoms with Crippen molar-refractivity contribution in [1.29, 1.82) is 0 Å². The molecule has 2 N–H and O–H groups in total. The Kier molecular flexibility index (Phi) is 8.61.